The van der Waals surface area contributed by atoms with Gasteiger partial charge in [0.05, 0.1) is 11.7 Å². The molecule has 21 heavy (non-hydrogen) atoms. The molecule has 1 heterocycles. The summed E-state index contributed by atoms with van der Waals surface area (Å²) in [4.78, 5) is 0. The van der Waals surface area contributed by atoms with Crippen molar-refractivity contribution in [3.05, 3.63) is 52.9 Å². The van der Waals surface area contributed by atoms with E-state index >= 15 is 0 Å². The number of benzene rings is 1. The van der Waals surface area contributed by atoms with Crippen LogP contribution in [0.25, 0.3) is 0 Å². The van der Waals surface area contributed by atoms with E-state index in [1.165, 1.54) is 12.1 Å². The molecular formula is C16H21F2N3. The van der Waals surface area contributed by atoms with Gasteiger partial charge in [-0.1, -0.05) is 19.9 Å². The van der Waals surface area contributed by atoms with Gasteiger partial charge < -0.3 is 5.32 Å². The molecule has 1 unspecified atom stereocenters. The fourth-order valence-electron chi connectivity index (χ4n) is 2.46. The highest BCUT2D eigenvalue weighted by atomic mass is 19.2. The van der Waals surface area contributed by atoms with Crippen LogP contribution in [0.3, 0.4) is 0 Å². The first-order chi connectivity index (χ1) is 10.1. The van der Waals surface area contributed by atoms with Crippen LogP contribution in [0.5, 0.6) is 0 Å². The summed E-state index contributed by atoms with van der Waals surface area (Å²) < 4.78 is 28.5. The first-order valence-electron chi connectivity index (χ1n) is 7.27. The maximum atomic E-state index is 13.5. The lowest BCUT2D eigenvalue weighted by molar-refractivity contribution is 0.503. The summed E-state index contributed by atoms with van der Waals surface area (Å²) >= 11 is 0. The molecule has 0 amide bonds. The minimum Gasteiger partial charge on any atom is -0.306 e. The third kappa shape index (κ3) is 3.47. The van der Waals surface area contributed by atoms with E-state index in [2.05, 4.69) is 17.3 Å². The Kier molecular flexibility index (Phi) is 5.07. The van der Waals surface area contributed by atoms with Crippen molar-refractivity contribution in [2.45, 2.75) is 32.7 Å². The summed E-state index contributed by atoms with van der Waals surface area (Å²) in [7, 11) is 1.87. The van der Waals surface area contributed by atoms with Crippen molar-refractivity contribution in [1.82, 2.24) is 15.1 Å². The van der Waals surface area contributed by atoms with Crippen molar-refractivity contribution in [3.63, 3.8) is 0 Å². The number of hydrogen-bond donors (Lipinski definition) is 1. The number of aryl methyl sites for hydroxylation is 2. The predicted molar refractivity (Wildman–Crippen MR) is 79.1 cm³/mol. The molecule has 1 aromatic carbocycles. The van der Waals surface area contributed by atoms with Gasteiger partial charge in [-0.2, -0.15) is 5.10 Å². The van der Waals surface area contributed by atoms with Crippen LogP contribution in [0.1, 0.15) is 43.1 Å². The Morgan fingerprint density at radius 2 is 2.00 bits per heavy atom. The summed E-state index contributed by atoms with van der Waals surface area (Å²) in [5, 5.41) is 7.83. The Labute approximate surface area is 124 Å². The van der Waals surface area contributed by atoms with E-state index in [4.69, 9.17) is 0 Å². The second kappa shape index (κ2) is 6.80. The minimum absolute atomic E-state index is 0.177. The van der Waals surface area contributed by atoms with Crippen LogP contribution >= 0.6 is 0 Å². The number of halogens is 2. The molecule has 0 aliphatic rings. The fraction of sp³-hybridized carbons (Fsp3) is 0.438. The smallest absolute Gasteiger partial charge is 0.159 e. The number of aromatic nitrogens is 2. The quantitative estimate of drug-likeness (QED) is 0.885. The molecule has 2 rings (SSSR count). The highest BCUT2D eigenvalue weighted by Gasteiger charge is 2.20. The molecule has 0 radical (unpaired) electrons. The molecule has 0 fully saturated rings. The zero-order chi connectivity index (χ0) is 15.4. The van der Waals surface area contributed by atoms with Crippen LogP contribution in [0.2, 0.25) is 0 Å². The van der Waals surface area contributed by atoms with E-state index in [9.17, 15) is 8.78 Å². The highest BCUT2D eigenvalue weighted by molar-refractivity contribution is 5.34. The topological polar surface area (TPSA) is 29.9 Å². The molecule has 5 heteroatoms. The third-order valence-electron chi connectivity index (χ3n) is 3.46. The monoisotopic (exact) mass is 293 g/mol. The first kappa shape index (κ1) is 15.6. The van der Waals surface area contributed by atoms with Gasteiger partial charge in [0.15, 0.2) is 11.6 Å². The van der Waals surface area contributed by atoms with Crippen molar-refractivity contribution in [3.8, 4) is 0 Å². The molecule has 0 aliphatic heterocycles. The Balaban J connectivity index is 2.43. The van der Waals surface area contributed by atoms with E-state index in [1.54, 1.807) is 10.7 Å². The second-order valence-electron chi connectivity index (χ2n) is 5.12. The van der Waals surface area contributed by atoms with Gasteiger partial charge in [0.25, 0.3) is 0 Å². The van der Waals surface area contributed by atoms with Crippen molar-refractivity contribution in [2.24, 2.45) is 7.05 Å². The largest absolute Gasteiger partial charge is 0.306 e. The Bertz CT molecular complexity index is 608. The average Bonchev–Trinajstić information content (AvgIpc) is 2.84. The van der Waals surface area contributed by atoms with Crippen LogP contribution in [0.4, 0.5) is 8.78 Å². The number of hydrogen-bond acceptors (Lipinski definition) is 2. The van der Waals surface area contributed by atoms with Gasteiger partial charge >= 0.3 is 0 Å². The van der Waals surface area contributed by atoms with Crippen LogP contribution < -0.4 is 5.32 Å². The van der Waals surface area contributed by atoms with Gasteiger partial charge in [-0.15, -0.1) is 0 Å². The normalized spacial score (nSPS) is 12.6. The second-order valence-corrected chi connectivity index (χ2v) is 5.12. The summed E-state index contributed by atoms with van der Waals surface area (Å²) in [6, 6.07) is 3.88. The SMILES string of the molecule is CCCNC(c1ccc(F)c(F)c1)c1cn(C)nc1CC. The molecule has 0 saturated carbocycles. The van der Waals surface area contributed by atoms with Crippen LogP contribution in [0.15, 0.2) is 24.4 Å². The molecule has 2 aromatic rings. The fourth-order valence-corrected chi connectivity index (χ4v) is 2.46. The average molecular weight is 293 g/mol. The summed E-state index contributed by atoms with van der Waals surface area (Å²) in [6.07, 6.45) is 3.69. The lowest BCUT2D eigenvalue weighted by Crippen LogP contribution is -2.24. The molecule has 0 spiro atoms. The third-order valence-corrected chi connectivity index (χ3v) is 3.46. The lowest BCUT2D eigenvalue weighted by Gasteiger charge is -2.19. The van der Waals surface area contributed by atoms with Gasteiger partial charge in [0.1, 0.15) is 0 Å². The molecular weight excluding hydrogens is 272 g/mol. The molecule has 3 nitrogen and oxygen atoms in total. The van der Waals surface area contributed by atoms with E-state index < -0.39 is 11.6 Å². The molecule has 114 valence electrons. The summed E-state index contributed by atoms with van der Waals surface area (Å²) in [5.74, 6) is -1.65. The lowest BCUT2D eigenvalue weighted by atomic mass is 9.98. The summed E-state index contributed by atoms with van der Waals surface area (Å²) in [6.45, 7) is 4.90. The van der Waals surface area contributed by atoms with Gasteiger partial charge in [-0.05, 0) is 37.1 Å². The number of nitrogens with one attached hydrogen (secondary N) is 1. The van der Waals surface area contributed by atoms with Crippen LogP contribution in [0, 0.1) is 11.6 Å². The van der Waals surface area contributed by atoms with Gasteiger partial charge in [-0.25, -0.2) is 8.78 Å². The van der Waals surface area contributed by atoms with Crippen molar-refractivity contribution < 1.29 is 8.78 Å². The van der Waals surface area contributed by atoms with E-state index in [1.807, 2.05) is 20.2 Å². The maximum absolute atomic E-state index is 13.5. The Morgan fingerprint density at radius 1 is 1.24 bits per heavy atom. The van der Waals surface area contributed by atoms with Gasteiger partial charge in [0, 0.05) is 18.8 Å². The van der Waals surface area contributed by atoms with Crippen molar-refractivity contribution in [1.29, 1.82) is 0 Å². The molecule has 1 N–H and O–H groups in total. The maximum Gasteiger partial charge on any atom is 0.159 e. The number of rotatable bonds is 6. The van der Waals surface area contributed by atoms with E-state index in [0.717, 1.165) is 30.6 Å². The van der Waals surface area contributed by atoms with Crippen LogP contribution in [-0.4, -0.2) is 16.3 Å². The zero-order valence-electron chi connectivity index (χ0n) is 12.7. The standard InChI is InChI=1S/C16H21F2N3/c1-4-8-19-16(11-6-7-13(17)14(18)9-11)12-10-21(3)20-15(12)5-2/h6-7,9-10,16,19H,4-5,8H2,1-3H3. The van der Waals surface area contributed by atoms with Gasteiger partial charge in [-0.3, -0.25) is 4.68 Å². The van der Waals surface area contributed by atoms with Crippen molar-refractivity contribution in [2.75, 3.05) is 6.54 Å². The van der Waals surface area contributed by atoms with Crippen molar-refractivity contribution >= 4 is 0 Å². The number of nitrogens with zero attached hydrogens (tertiary/aromatic N) is 2. The molecule has 0 saturated heterocycles. The molecule has 0 bridgehead atoms. The summed E-state index contributed by atoms with van der Waals surface area (Å²) in [5.41, 5.74) is 2.69. The van der Waals surface area contributed by atoms with Crippen LogP contribution in [-0.2, 0) is 13.5 Å². The minimum atomic E-state index is -0.824. The van der Waals surface area contributed by atoms with E-state index in [-0.39, 0.29) is 6.04 Å². The predicted octanol–water partition coefficient (Wildman–Crippen LogP) is 3.35. The Hall–Kier alpha value is -1.75. The molecule has 1 aromatic heterocycles. The first-order valence-corrected chi connectivity index (χ1v) is 7.27. The zero-order valence-corrected chi connectivity index (χ0v) is 12.7. The Morgan fingerprint density at radius 3 is 2.62 bits per heavy atom. The van der Waals surface area contributed by atoms with Gasteiger partial charge in [0.2, 0.25) is 0 Å². The molecule has 1 atom stereocenters. The van der Waals surface area contributed by atoms with E-state index in [0.29, 0.717) is 5.56 Å². The highest BCUT2D eigenvalue weighted by Crippen LogP contribution is 2.26. The molecule has 0 aliphatic carbocycles.